The molecular formula is C17H22ClN3O5. The number of ether oxygens (including phenoxy) is 1. The Labute approximate surface area is 156 Å². The van der Waals surface area contributed by atoms with Crippen LogP contribution in [0.4, 0.5) is 4.79 Å². The van der Waals surface area contributed by atoms with E-state index >= 15 is 0 Å². The van der Waals surface area contributed by atoms with Gasteiger partial charge in [0.15, 0.2) is 0 Å². The second-order valence-corrected chi connectivity index (χ2v) is 7.37. The lowest BCUT2D eigenvalue weighted by Gasteiger charge is -2.36. The Morgan fingerprint density at radius 2 is 2.12 bits per heavy atom. The molecule has 1 aliphatic heterocycles. The highest BCUT2D eigenvalue weighted by Crippen LogP contribution is 2.34. The summed E-state index contributed by atoms with van der Waals surface area (Å²) in [7, 11) is 0. The normalized spacial score (nSPS) is 16.6. The maximum atomic E-state index is 12.6. The number of alkyl carbamates (subject to hydrolysis) is 1. The van der Waals surface area contributed by atoms with Crippen molar-refractivity contribution in [2.24, 2.45) is 0 Å². The number of nitrogens with one attached hydrogen (secondary N) is 1. The monoisotopic (exact) mass is 383 g/mol. The molecule has 1 aromatic rings. The Kier molecular flexibility index (Phi) is 6.07. The molecule has 0 fully saturated rings. The van der Waals surface area contributed by atoms with Gasteiger partial charge in [-0.05, 0) is 38.8 Å². The highest BCUT2D eigenvalue weighted by molar-refractivity contribution is 6.31. The van der Waals surface area contributed by atoms with Crippen molar-refractivity contribution in [1.29, 1.82) is 0 Å². The zero-order chi connectivity index (χ0) is 19.5. The number of nitrogens with zero attached hydrogens (tertiary/aromatic N) is 2. The molecule has 0 aliphatic carbocycles. The van der Waals surface area contributed by atoms with E-state index in [4.69, 9.17) is 16.3 Å². The predicted molar refractivity (Wildman–Crippen MR) is 93.9 cm³/mol. The van der Waals surface area contributed by atoms with Crippen molar-refractivity contribution in [3.8, 4) is 0 Å². The number of aromatic nitrogens is 1. The molecule has 1 atom stereocenters. The first-order valence-electron chi connectivity index (χ1n) is 8.20. The lowest BCUT2D eigenvalue weighted by molar-refractivity contribution is -0.141. The summed E-state index contributed by atoms with van der Waals surface area (Å²) in [5.74, 6) is -1.46. The van der Waals surface area contributed by atoms with Gasteiger partial charge < -0.3 is 20.1 Å². The fourth-order valence-electron chi connectivity index (χ4n) is 2.79. The Morgan fingerprint density at radius 3 is 2.73 bits per heavy atom. The largest absolute Gasteiger partial charge is 0.481 e. The SMILES string of the molecule is CC(C)(C)OC(=O)NCC(=O)N1CCc2c(Cl)ccnc2C1CC(=O)O. The molecule has 2 amide bonds. The van der Waals surface area contributed by atoms with Gasteiger partial charge in [-0.3, -0.25) is 14.6 Å². The van der Waals surface area contributed by atoms with Gasteiger partial charge in [0.1, 0.15) is 12.1 Å². The third-order valence-corrected chi connectivity index (χ3v) is 4.15. The van der Waals surface area contributed by atoms with Gasteiger partial charge in [0.05, 0.1) is 18.2 Å². The van der Waals surface area contributed by atoms with Crippen LogP contribution < -0.4 is 5.32 Å². The number of fused-ring (bicyclic) bond motifs is 1. The van der Waals surface area contributed by atoms with Crippen molar-refractivity contribution in [2.75, 3.05) is 13.1 Å². The lowest BCUT2D eigenvalue weighted by Crippen LogP contribution is -2.46. The third kappa shape index (κ3) is 5.08. The number of hydrogen-bond donors (Lipinski definition) is 2. The zero-order valence-electron chi connectivity index (χ0n) is 14.9. The Balaban J connectivity index is 2.13. The first-order chi connectivity index (χ1) is 12.1. The summed E-state index contributed by atoms with van der Waals surface area (Å²) in [6.45, 7) is 5.16. The summed E-state index contributed by atoms with van der Waals surface area (Å²) in [4.78, 5) is 41.2. The van der Waals surface area contributed by atoms with Crippen LogP contribution in [0.3, 0.4) is 0 Å². The van der Waals surface area contributed by atoms with E-state index < -0.39 is 29.6 Å². The van der Waals surface area contributed by atoms with Gasteiger partial charge in [-0.1, -0.05) is 11.6 Å². The van der Waals surface area contributed by atoms with Crippen molar-refractivity contribution in [3.05, 3.63) is 28.5 Å². The molecule has 142 valence electrons. The topological polar surface area (TPSA) is 109 Å². The van der Waals surface area contributed by atoms with Crippen molar-refractivity contribution in [2.45, 2.75) is 45.3 Å². The van der Waals surface area contributed by atoms with Crippen molar-refractivity contribution in [1.82, 2.24) is 15.2 Å². The van der Waals surface area contributed by atoms with Crippen molar-refractivity contribution < 1.29 is 24.2 Å². The first kappa shape index (κ1) is 20.0. The van der Waals surface area contributed by atoms with E-state index in [1.54, 1.807) is 26.8 Å². The summed E-state index contributed by atoms with van der Waals surface area (Å²) in [5.41, 5.74) is 0.560. The minimum absolute atomic E-state index is 0.291. The number of aliphatic carboxylic acids is 1. The van der Waals surface area contributed by atoms with Gasteiger partial charge in [-0.2, -0.15) is 0 Å². The first-order valence-corrected chi connectivity index (χ1v) is 8.57. The molecule has 26 heavy (non-hydrogen) atoms. The van der Waals surface area contributed by atoms with E-state index in [1.807, 2.05) is 0 Å². The van der Waals surface area contributed by atoms with Gasteiger partial charge >= 0.3 is 12.1 Å². The molecule has 0 bridgehead atoms. The number of carbonyl (C=O) groups excluding carboxylic acids is 2. The molecule has 0 spiro atoms. The zero-order valence-corrected chi connectivity index (χ0v) is 15.7. The van der Waals surface area contributed by atoms with E-state index in [2.05, 4.69) is 10.3 Å². The maximum Gasteiger partial charge on any atom is 0.408 e. The number of amides is 2. The molecule has 1 aromatic heterocycles. The minimum Gasteiger partial charge on any atom is -0.481 e. The molecule has 0 aromatic carbocycles. The van der Waals surface area contributed by atoms with Crippen LogP contribution >= 0.6 is 11.6 Å². The molecule has 8 nitrogen and oxygen atoms in total. The van der Waals surface area contributed by atoms with Crippen molar-refractivity contribution >= 4 is 29.6 Å². The molecule has 9 heteroatoms. The van der Waals surface area contributed by atoms with Crippen LogP contribution in [0.15, 0.2) is 12.3 Å². The van der Waals surface area contributed by atoms with Crippen LogP contribution in [0.2, 0.25) is 5.02 Å². The van der Waals surface area contributed by atoms with Gasteiger partial charge in [-0.15, -0.1) is 0 Å². The van der Waals surface area contributed by atoms with Gasteiger partial charge in [0.2, 0.25) is 5.91 Å². The third-order valence-electron chi connectivity index (χ3n) is 3.80. The Morgan fingerprint density at radius 1 is 1.42 bits per heavy atom. The molecule has 2 N–H and O–H groups in total. The number of halogens is 1. The Hall–Kier alpha value is -2.35. The summed E-state index contributed by atoms with van der Waals surface area (Å²) >= 11 is 6.17. The van der Waals surface area contributed by atoms with E-state index in [1.165, 1.54) is 11.1 Å². The molecule has 1 aliphatic rings. The van der Waals surface area contributed by atoms with Gasteiger partial charge in [-0.25, -0.2) is 4.79 Å². The fraction of sp³-hybridized carbons (Fsp3) is 0.529. The van der Waals surface area contributed by atoms with Crippen LogP contribution in [0.5, 0.6) is 0 Å². The van der Waals surface area contributed by atoms with Crippen molar-refractivity contribution in [3.63, 3.8) is 0 Å². The summed E-state index contributed by atoms with van der Waals surface area (Å²) in [6, 6.07) is 0.905. The standard InChI is InChI=1S/C17H22ClN3O5/c1-17(2,3)26-16(25)20-9-13(22)21-7-5-10-11(18)4-6-19-15(10)12(21)8-14(23)24/h4,6,12H,5,7-9H2,1-3H3,(H,20,25)(H,23,24). The lowest BCUT2D eigenvalue weighted by atomic mass is 9.95. The summed E-state index contributed by atoms with van der Waals surface area (Å²) in [5, 5.41) is 12.1. The number of pyridine rings is 1. The van der Waals surface area contributed by atoms with E-state index in [0.29, 0.717) is 23.7 Å². The van der Waals surface area contributed by atoms with E-state index in [0.717, 1.165) is 5.56 Å². The summed E-state index contributed by atoms with van der Waals surface area (Å²) in [6.07, 6.45) is 0.955. The fourth-order valence-corrected chi connectivity index (χ4v) is 3.04. The quantitative estimate of drug-likeness (QED) is 0.824. The number of carboxylic acid groups (broad SMARTS) is 1. The van der Waals surface area contributed by atoms with E-state index in [9.17, 15) is 19.5 Å². The smallest absolute Gasteiger partial charge is 0.408 e. The van der Waals surface area contributed by atoms with Crippen LogP contribution in [0, 0.1) is 0 Å². The molecule has 0 saturated heterocycles. The number of rotatable bonds is 4. The highest BCUT2D eigenvalue weighted by atomic mass is 35.5. The molecule has 0 saturated carbocycles. The molecule has 2 rings (SSSR count). The average Bonchev–Trinajstić information content (AvgIpc) is 2.51. The molecule has 2 heterocycles. The average molecular weight is 384 g/mol. The molecule has 0 radical (unpaired) electrons. The number of carbonyl (C=O) groups is 3. The Bertz CT molecular complexity index is 717. The van der Waals surface area contributed by atoms with Crippen LogP contribution in [0.25, 0.3) is 0 Å². The number of hydrogen-bond acceptors (Lipinski definition) is 5. The van der Waals surface area contributed by atoms with Crippen LogP contribution in [0.1, 0.15) is 44.5 Å². The molecule has 1 unspecified atom stereocenters. The predicted octanol–water partition coefficient (Wildman–Crippen LogP) is 2.16. The van der Waals surface area contributed by atoms with Crippen LogP contribution in [-0.2, 0) is 20.7 Å². The highest BCUT2D eigenvalue weighted by Gasteiger charge is 2.34. The second kappa shape index (κ2) is 7.90. The number of carboxylic acids is 1. The van der Waals surface area contributed by atoms with E-state index in [-0.39, 0.29) is 13.0 Å². The maximum absolute atomic E-state index is 12.6. The summed E-state index contributed by atoms with van der Waals surface area (Å²) < 4.78 is 5.09. The molecular weight excluding hydrogens is 362 g/mol. The van der Waals surface area contributed by atoms with Gasteiger partial charge in [0.25, 0.3) is 0 Å². The van der Waals surface area contributed by atoms with Crippen LogP contribution in [-0.4, -0.2) is 51.7 Å². The van der Waals surface area contributed by atoms with Gasteiger partial charge in [0, 0.05) is 17.8 Å². The minimum atomic E-state index is -1.05. The second-order valence-electron chi connectivity index (χ2n) is 6.96.